The topological polar surface area (TPSA) is 90.9 Å². The van der Waals surface area contributed by atoms with Crippen molar-refractivity contribution in [2.75, 3.05) is 25.6 Å². The van der Waals surface area contributed by atoms with E-state index in [1.54, 1.807) is 29.2 Å². The van der Waals surface area contributed by atoms with Gasteiger partial charge >= 0.3 is 0 Å². The predicted octanol–water partition coefficient (Wildman–Crippen LogP) is 1.80. The van der Waals surface area contributed by atoms with Crippen LogP contribution in [0.2, 0.25) is 0 Å². The normalized spacial score (nSPS) is 15.7. The summed E-state index contributed by atoms with van der Waals surface area (Å²) in [7, 11) is 1.48. The summed E-state index contributed by atoms with van der Waals surface area (Å²) in [5.74, 6) is -0.660. The SMILES string of the molecule is CCCN1C(=O)c2ccccc2N[C@H]1c1ccc(OCC(=O)[O-])c(OC)c1. The van der Waals surface area contributed by atoms with E-state index in [0.29, 0.717) is 23.6 Å². The van der Waals surface area contributed by atoms with E-state index in [4.69, 9.17) is 9.47 Å². The minimum atomic E-state index is -1.31. The van der Waals surface area contributed by atoms with Gasteiger partial charge in [-0.15, -0.1) is 0 Å². The van der Waals surface area contributed by atoms with Crippen LogP contribution in [-0.4, -0.2) is 37.0 Å². The number of ether oxygens (including phenoxy) is 2. The fourth-order valence-corrected chi connectivity index (χ4v) is 3.14. The van der Waals surface area contributed by atoms with Crippen LogP contribution in [0.15, 0.2) is 42.5 Å². The Hall–Kier alpha value is -3.22. The van der Waals surface area contributed by atoms with E-state index in [9.17, 15) is 14.7 Å². The Morgan fingerprint density at radius 2 is 2.00 bits per heavy atom. The smallest absolute Gasteiger partial charge is 0.257 e. The Labute approximate surface area is 157 Å². The minimum absolute atomic E-state index is 0.0348. The van der Waals surface area contributed by atoms with Gasteiger partial charge in [0.2, 0.25) is 0 Å². The van der Waals surface area contributed by atoms with Gasteiger partial charge in [0, 0.05) is 12.2 Å². The Balaban J connectivity index is 1.95. The summed E-state index contributed by atoms with van der Waals surface area (Å²) < 4.78 is 10.5. The summed E-state index contributed by atoms with van der Waals surface area (Å²) in [6, 6.07) is 12.6. The highest BCUT2D eigenvalue weighted by molar-refractivity contribution is 6.01. The molecule has 0 spiro atoms. The molecule has 142 valence electrons. The fraction of sp³-hybridized carbons (Fsp3) is 0.300. The molecule has 0 saturated heterocycles. The standard InChI is InChI=1S/C20H22N2O5/c1-3-10-22-19(21-15-7-5-4-6-14(15)20(22)25)13-8-9-16(17(11-13)26-2)27-12-18(23)24/h4-9,11,19,21H,3,10,12H2,1-2H3,(H,23,24)/p-1/t19-/m1/s1. The van der Waals surface area contributed by atoms with Crippen molar-refractivity contribution in [3.05, 3.63) is 53.6 Å². The Morgan fingerprint density at radius 1 is 1.22 bits per heavy atom. The first-order valence-corrected chi connectivity index (χ1v) is 8.72. The van der Waals surface area contributed by atoms with Crippen molar-refractivity contribution in [1.29, 1.82) is 0 Å². The fourth-order valence-electron chi connectivity index (χ4n) is 3.14. The third-order valence-corrected chi connectivity index (χ3v) is 4.34. The van der Waals surface area contributed by atoms with Crippen LogP contribution in [-0.2, 0) is 4.79 Å². The van der Waals surface area contributed by atoms with E-state index >= 15 is 0 Å². The highest BCUT2D eigenvalue weighted by Gasteiger charge is 2.32. The number of benzene rings is 2. The average molecular weight is 369 g/mol. The van der Waals surface area contributed by atoms with Gasteiger partial charge < -0.3 is 29.6 Å². The van der Waals surface area contributed by atoms with Crippen molar-refractivity contribution in [1.82, 2.24) is 4.90 Å². The molecule has 0 fully saturated rings. The highest BCUT2D eigenvalue weighted by Crippen LogP contribution is 2.36. The molecule has 0 saturated carbocycles. The number of nitrogens with one attached hydrogen (secondary N) is 1. The van der Waals surface area contributed by atoms with Crippen molar-refractivity contribution in [3.8, 4) is 11.5 Å². The zero-order chi connectivity index (χ0) is 19.4. The summed E-state index contributed by atoms with van der Waals surface area (Å²) in [6.45, 7) is 2.05. The maximum atomic E-state index is 12.9. The number of anilines is 1. The van der Waals surface area contributed by atoms with Crippen LogP contribution in [0.4, 0.5) is 5.69 Å². The lowest BCUT2D eigenvalue weighted by molar-refractivity contribution is -0.307. The number of hydrogen-bond acceptors (Lipinski definition) is 6. The maximum Gasteiger partial charge on any atom is 0.257 e. The van der Waals surface area contributed by atoms with E-state index in [-0.39, 0.29) is 12.1 Å². The number of carbonyl (C=O) groups excluding carboxylic acids is 2. The quantitative estimate of drug-likeness (QED) is 0.800. The molecule has 0 radical (unpaired) electrons. The molecular formula is C20H21N2O5-. The molecule has 1 aliphatic heterocycles. The molecule has 1 aliphatic rings. The number of methoxy groups -OCH3 is 1. The molecule has 7 nitrogen and oxygen atoms in total. The zero-order valence-corrected chi connectivity index (χ0v) is 15.2. The number of rotatable bonds is 7. The molecular weight excluding hydrogens is 348 g/mol. The van der Waals surface area contributed by atoms with Crippen molar-refractivity contribution in [2.45, 2.75) is 19.5 Å². The van der Waals surface area contributed by atoms with Gasteiger partial charge in [-0.05, 0) is 36.2 Å². The second-order valence-corrected chi connectivity index (χ2v) is 6.16. The number of para-hydroxylation sites is 1. The monoisotopic (exact) mass is 369 g/mol. The molecule has 0 aromatic heterocycles. The average Bonchev–Trinajstić information content (AvgIpc) is 2.68. The van der Waals surface area contributed by atoms with E-state index in [0.717, 1.165) is 17.7 Å². The van der Waals surface area contributed by atoms with Crippen LogP contribution >= 0.6 is 0 Å². The maximum absolute atomic E-state index is 12.9. The Morgan fingerprint density at radius 3 is 2.70 bits per heavy atom. The Bertz CT molecular complexity index is 852. The molecule has 0 bridgehead atoms. The summed E-state index contributed by atoms with van der Waals surface area (Å²) in [5, 5.41) is 14.0. The first-order chi connectivity index (χ1) is 13.0. The molecule has 0 unspecified atom stereocenters. The molecule has 1 atom stereocenters. The van der Waals surface area contributed by atoms with E-state index in [2.05, 4.69) is 5.32 Å². The number of carboxylic acid groups (broad SMARTS) is 1. The lowest BCUT2D eigenvalue weighted by atomic mass is 10.0. The molecule has 1 N–H and O–H groups in total. The third-order valence-electron chi connectivity index (χ3n) is 4.34. The number of carbonyl (C=O) groups is 2. The van der Waals surface area contributed by atoms with Gasteiger partial charge in [-0.25, -0.2) is 0 Å². The molecule has 0 aliphatic carbocycles. The van der Waals surface area contributed by atoms with Crippen molar-refractivity contribution < 1.29 is 24.2 Å². The van der Waals surface area contributed by atoms with Gasteiger partial charge in [-0.2, -0.15) is 0 Å². The van der Waals surface area contributed by atoms with Crippen LogP contribution in [0, 0.1) is 0 Å². The van der Waals surface area contributed by atoms with Gasteiger partial charge in [0.1, 0.15) is 12.8 Å². The molecule has 3 rings (SSSR count). The zero-order valence-electron chi connectivity index (χ0n) is 15.2. The summed E-state index contributed by atoms with van der Waals surface area (Å²) >= 11 is 0. The summed E-state index contributed by atoms with van der Waals surface area (Å²) in [4.78, 5) is 25.3. The number of aliphatic carboxylic acids is 1. The lowest BCUT2D eigenvalue weighted by Gasteiger charge is -2.38. The molecule has 1 heterocycles. The predicted molar refractivity (Wildman–Crippen MR) is 97.6 cm³/mol. The molecule has 2 aromatic rings. The highest BCUT2D eigenvalue weighted by atomic mass is 16.5. The summed E-state index contributed by atoms with van der Waals surface area (Å²) in [5.41, 5.74) is 2.23. The molecule has 7 heteroatoms. The van der Waals surface area contributed by atoms with E-state index < -0.39 is 12.6 Å². The first kappa shape index (κ1) is 18.6. The van der Waals surface area contributed by atoms with Crippen LogP contribution in [0.5, 0.6) is 11.5 Å². The molecule has 1 amide bonds. The third kappa shape index (κ3) is 3.81. The van der Waals surface area contributed by atoms with Gasteiger partial charge in [0.15, 0.2) is 11.5 Å². The largest absolute Gasteiger partial charge is 0.546 e. The van der Waals surface area contributed by atoms with Gasteiger partial charge in [-0.3, -0.25) is 4.79 Å². The number of carboxylic acids is 1. The second kappa shape index (κ2) is 7.99. The molecule has 27 heavy (non-hydrogen) atoms. The number of fused-ring (bicyclic) bond motifs is 1. The first-order valence-electron chi connectivity index (χ1n) is 8.72. The van der Waals surface area contributed by atoms with Gasteiger partial charge in [0.25, 0.3) is 5.91 Å². The van der Waals surface area contributed by atoms with Gasteiger partial charge in [-0.1, -0.05) is 25.1 Å². The number of hydrogen-bond donors (Lipinski definition) is 1. The van der Waals surface area contributed by atoms with Gasteiger partial charge in [0.05, 0.1) is 18.6 Å². The number of nitrogens with zero attached hydrogens (tertiary/aromatic N) is 1. The Kier molecular flexibility index (Phi) is 5.49. The van der Waals surface area contributed by atoms with E-state index in [1.165, 1.54) is 7.11 Å². The number of amides is 1. The van der Waals surface area contributed by atoms with Crippen LogP contribution in [0.3, 0.4) is 0 Å². The minimum Gasteiger partial charge on any atom is -0.546 e. The van der Waals surface area contributed by atoms with Crippen molar-refractivity contribution >= 4 is 17.6 Å². The second-order valence-electron chi connectivity index (χ2n) is 6.16. The van der Waals surface area contributed by atoms with Crippen molar-refractivity contribution in [2.24, 2.45) is 0 Å². The van der Waals surface area contributed by atoms with Crippen LogP contribution < -0.4 is 19.9 Å². The van der Waals surface area contributed by atoms with Crippen molar-refractivity contribution in [3.63, 3.8) is 0 Å². The molecule has 2 aromatic carbocycles. The van der Waals surface area contributed by atoms with Crippen LogP contribution in [0.1, 0.15) is 35.4 Å². The summed E-state index contributed by atoms with van der Waals surface area (Å²) in [6.07, 6.45) is 0.451. The van der Waals surface area contributed by atoms with Crippen LogP contribution in [0.25, 0.3) is 0 Å². The van der Waals surface area contributed by atoms with E-state index in [1.807, 2.05) is 25.1 Å². The lowest BCUT2D eigenvalue weighted by Crippen LogP contribution is -2.43.